The number of carbonyl (C=O) groups excluding carboxylic acids is 4. The van der Waals surface area contributed by atoms with Crippen molar-refractivity contribution in [2.45, 2.75) is 64.0 Å². The van der Waals surface area contributed by atoms with Crippen molar-refractivity contribution < 1.29 is 23.9 Å². The van der Waals surface area contributed by atoms with Gasteiger partial charge in [0.05, 0.1) is 5.69 Å². The van der Waals surface area contributed by atoms with Crippen LogP contribution >= 0.6 is 0 Å². The van der Waals surface area contributed by atoms with Gasteiger partial charge in [-0.2, -0.15) is 0 Å². The van der Waals surface area contributed by atoms with E-state index in [-0.39, 0.29) is 36.3 Å². The zero-order chi connectivity index (χ0) is 31.3. The van der Waals surface area contributed by atoms with Gasteiger partial charge in [0, 0.05) is 48.1 Å². The number of unbranched alkanes of at least 4 members (excludes halogenated alkanes) is 2. The number of nitrogens with one attached hydrogen (secondary N) is 2. The number of aryl methyl sites for hydroxylation is 1. The molecule has 0 bridgehead atoms. The maximum atomic E-state index is 13.5. The minimum Gasteiger partial charge on any atom is -0.482 e. The summed E-state index contributed by atoms with van der Waals surface area (Å²) >= 11 is 0. The number of hydrogen-bond acceptors (Lipinski definition) is 6. The lowest BCUT2D eigenvalue weighted by Gasteiger charge is -2.30. The van der Waals surface area contributed by atoms with Crippen molar-refractivity contribution in [1.29, 1.82) is 0 Å². The fraction of sp³-hybridized carbons (Fsp3) is 0.371. The van der Waals surface area contributed by atoms with Crippen molar-refractivity contribution in [1.82, 2.24) is 4.90 Å². The van der Waals surface area contributed by atoms with Gasteiger partial charge in [0.1, 0.15) is 5.75 Å². The molecule has 0 spiro atoms. The maximum Gasteiger partial charge on any atom is 0.262 e. The van der Waals surface area contributed by atoms with Crippen molar-refractivity contribution in [3.63, 3.8) is 0 Å². The number of anilines is 3. The molecule has 10 heteroatoms. The normalized spacial score (nSPS) is 15.3. The monoisotopic (exact) mass is 609 g/mol. The van der Waals surface area contributed by atoms with Crippen molar-refractivity contribution in [2.24, 2.45) is 5.73 Å². The zero-order valence-electron chi connectivity index (χ0n) is 25.3. The van der Waals surface area contributed by atoms with Crippen LogP contribution in [0.15, 0.2) is 60.7 Å². The SMILES string of the molecule is NCCCCCC(=O)N1CCCc2ccc(NC(=O)c3ccc(CN(C(=O)c4ccc5c(c4)OCC(=O)N5)C4CC4)cc3)cc21. The lowest BCUT2D eigenvalue weighted by atomic mass is 10.00. The van der Waals surface area contributed by atoms with E-state index in [0.717, 1.165) is 61.8 Å². The zero-order valence-corrected chi connectivity index (χ0v) is 25.3. The van der Waals surface area contributed by atoms with E-state index in [9.17, 15) is 19.2 Å². The first-order valence-corrected chi connectivity index (χ1v) is 15.8. The summed E-state index contributed by atoms with van der Waals surface area (Å²) in [5, 5.41) is 5.74. The third-order valence-corrected chi connectivity index (χ3v) is 8.54. The van der Waals surface area contributed by atoms with E-state index >= 15 is 0 Å². The highest BCUT2D eigenvalue weighted by Crippen LogP contribution is 2.34. The Kier molecular flexibility index (Phi) is 9.11. The molecule has 3 aromatic carbocycles. The molecule has 6 rings (SSSR count). The molecule has 0 aromatic heterocycles. The van der Waals surface area contributed by atoms with E-state index in [1.165, 1.54) is 0 Å². The largest absolute Gasteiger partial charge is 0.482 e. The van der Waals surface area contributed by atoms with Crippen LogP contribution < -0.4 is 26.0 Å². The Morgan fingerprint density at radius 2 is 1.78 bits per heavy atom. The molecule has 4 amide bonds. The van der Waals surface area contributed by atoms with Crippen LogP contribution in [0.25, 0.3) is 0 Å². The topological polar surface area (TPSA) is 134 Å². The van der Waals surface area contributed by atoms with Crippen LogP contribution in [-0.4, -0.2) is 54.3 Å². The predicted octanol–water partition coefficient (Wildman–Crippen LogP) is 4.87. The van der Waals surface area contributed by atoms with Crippen molar-refractivity contribution in [3.8, 4) is 5.75 Å². The Hall–Kier alpha value is -4.70. The number of nitrogens with zero attached hydrogens (tertiary/aromatic N) is 2. The lowest BCUT2D eigenvalue weighted by Crippen LogP contribution is -2.35. The predicted molar refractivity (Wildman–Crippen MR) is 172 cm³/mol. The molecule has 1 saturated carbocycles. The molecule has 3 aromatic rings. The molecular formula is C35H39N5O5. The summed E-state index contributed by atoms with van der Waals surface area (Å²) < 4.78 is 5.50. The summed E-state index contributed by atoms with van der Waals surface area (Å²) in [6.07, 6.45) is 6.90. The van der Waals surface area contributed by atoms with E-state index in [2.05, 4.69) is 10.6 Å². The van der Waals surface area contributed by atoms with E-state index in [1.54, 1.807) is 30.3 Å². The summed E-state index contributed by atoms with van der Waals surface area (Å²) in [6, 6.07) is 18.3. The second-order valence-corrected chi connectivity index (χ2v) is 12.0. The number of rotatable bonds is 11. The first-order chi connectivity index (χ1) is 21.9. The summed E-state index contributed by atoms with van der Waals surface area (Å²) in [5.74, 6) is 0.0399. The molecule has 2 aliphatic heterocycles. The average Bonchev–Trinajstić information content (AvgIpc) is 3.90. The fourth-order valence-corrected chi connectivity index (χ4v) is 5.93. The van der Waals surface area contributed by atoms with Gasteiger partial charge in [-0.1, -0.05) is 24.6 Å². The Morgan fingerprint density at radius 1 is 0.978 bits per heavy atom. The van der Waals surface area contributed by atoms with Gasteiger partial charge in [-0.25, -0.2) is 0 Å². The smallest absolute Gasteiger partial charge is 0.262 e. The first kappa shape index (κ1) is 30.3. The Bertz CT molecular complexity index is 1600. The van der Waals surface area contributed by atoms with E-state index < -0.39 is 0 Å². The highest BCUT2D eigenvalue weighted by Gasteiger charge is 2.33. The number of ether oxygens (including phenoxy) is 1. The molecule has 4 N–H and O–H groups in total. The Labute approximate surface area is 262 Å². The van der Waals surface area contributed by atoms with Crippen LogP contribution in [0.4, 0.5) is 17.1 Å². The highest BCUT2D eigenvalue weighted by molar-refractivity contribution is 6.05. The molecule has 2 heterocycles. The third kappa shape index (κ3) is 7.17. The Morgan fingerprint density at radius 3 is 2.56 bits per heavy atom. The molecule has 1 aliphatic carbocycles. The van der Waals surface area contributed by atoms with Gasteiger partial charge in [-0.3, -0.25) is 19.2 Å². The number of amides is 4. The molecule has 234 valence electrons. The summed E-state index contributed by atoms with van der Waals surface area (Å²) in [4.78, 5) is 55.0. The van der Waals surface area contributed by atoms with Crippen LogP contribution in [0.2, 0.25) is 0 Å². The summed E-state index contributed by atoms with van der Waals surface area (Å²) in [5.41, 5.74) is 10.7. The minimum absolute atomic E-state index is 0.0720. The molecule has 0 radical (unpaired) electrons. The van der Waals surface area contributed by atoms with Gasteiger partial charge >= 0.3 is 0 Å². The van der Waals surface area contributed by atoms with E-state index in [1.807, 2.05) is 40.1 Å². The standard InChI is InChI=1S/C35H39N5O5/c36-17-3-1-2-6-33(42)39-18-4-5-24-11-13-27(20-30(24)39)37-34(43)25-9-7-23(8-10-25)21-40(28-14-15-28)35(44)26-12-16-29-31(19-26)45-22-32(41)38-29/h7-13,16,19-20,28H,1-6,14-15,17-18,21-22,36H2,(H,37,43)(H,38,41). The number of benzene rings is 3. The first-order valence-electron chi connectivity index (χ1n) is 15.8. The molecule has 45 heavy (non-hydrogen) atoms. The third-order valence-electron chi connectivity index (χ3n) is 8.54. The van der Waals surface area contributed by atoms with Gasteiger partial charge < -0.3 is 30.9 Å². The van der Waals surface area contributed by atoms with Crippen molar-refractivity contribution in [2.75, 3.05) is 35.2 Å². The van der Waals surface area contributed by atoms with Gasteiger partial charge in [-0.05, 0) is 98.7 Å². The molecule has 1 fully saturated rings. The van der Waals surface area contributed by atoms with Gasteiger partial charge in [0.15, 0.2) is 6.61 Å². The molecule has 0 saturated heterocycles. The van der Waals surface area contributed by atoms with Crippen LogP contribution in [0.1, 0.15) is 76.8 Å². The summed E-state index contributed by atoms with van der Waals surface area (Å²) in [6.45, 7) is 1.67. The maximum absolute atomic E-state index is 13.5. The van der Waals surface area contributed by atoms with Gasteiger partial charge in [0.25, 0.3) is 17.7 Å². The quantitative estimate of drug-likeness (QED) is 0.266. The van der Waals surface area contributed by atoms with E-state index in [0.29, 0.717) is 54.3 Å². The summed E-state index contributed by atoms with van der Waals surface area (Å²) in [7, 11) is 0. The molecule has 0 unspecified atom stereocenters. The Balaban J connectivity index is 1.09. The fourth-order valence-electron chi connectivity index (χ4n) is 5.93. The van der Waals surface area contributed by atoms with Crippen LogP contribution in [0, 0.1) is 0 Å². The lowest BCUT2D eigenvalue weighted by molar-refractivity contribution is -0.119. The molecular weight excluding hydrogens is 570 g/mol. The van der Waals surface area contributed by atoms with Gasteiger partial charge in [-0.15, -0.1) is 0 Å². The molecule has 10 nitrogen and oxygen atoms in total. The van der Waals surface area contributed by atoms with Crippen molar-refractivity contribution in [3.05, 3.63) is 82.9 Å². The number of carbonyl (C=O) groups is 4. The van der Waals surface area contributed by atoms with Gasteiger partial charge in [0.2, 0.25) is 5.91 Å². The van der Waals surface area contributed by atoms with Crippen LogP contribution in [0.5, 0.6) is 5.75 Å². The molecule has 3 aliphatic rings. The number of hydrogen-bond donors (Lipinski definition) is 3. The second kappa shape index (κ2) is 13.5. The second-order valence-electron chi connectivity index (χ2n) is 12.0. The molecule has 0 atom stereocenters. The van der Waals surface area contributed by atoms with Crippen LogP contribution in [-0.2, 0) is 22.6 Å². The number of nitrogens with two attached hydrogens (primary N) is 1. The average molecular weight is 610 g/mol. The number of fused-ring (bicyclic) bond motifs is 2. The minimum atomic E-state index is -0.242. The van der Waals surface area contributed by atoms with Crippen LogP contribution in [0.3, 0.4) is 0 Å². The highest BCUT2D eigenvalue weighted by atomic mass is 16.5. The van der Waals surface area contributed by atoms with Crippen molar-refractivity contribution >= 4 is 40.7 Å². The van der Waals surface area contributed by atoms with E-state index in [4.69, 9.17) is 10.5 Å².